The number of hydrogen-bond acceptors (Lipinski definition) is 7. The maximum absolute atomic E-state index is 11.7. The molecule has 8 nitrogen and oxygen atoms in total. The Labute approximate surface area is 175 Å². The molecule has 0 saturated carbocycles. The molecule has 1 N–H and O–H groups in total. The van der Waals surface area contributed by atoms with Gasteiger partial charge in [0, 0.05) is 5.69 Å². The summed E-state index contributed by atoms with van der Waals surface area (Å²) < 4.78 is 11.4. The fourth-order valence-electron chi connectivity index (χ4n) is 2.90. The van der Waals surface area contributed by atoms with Gasteiger partial charge in [-0.15, -0.1) is 0 Å². The zero-order valence-electron chi connectivity index (χ0n) is 17.2. The summed E-state index contributed by atoms with van der Waals surface area (Å²) in [5.41, 5.74) is 2.28. The maximum Gasteiger partial charge on any atom is 0.373 e. The molecule has 8 heteroatoms. The van der Waals surface area contributed by atoms with Crippen LogP contribution in [0.2, 0.25) is 0 Å². The molecule has 156 valence electrons. The van der Waals surface area contributed by atoms with Crippen LogP contribution in [0.3, 0.4) is 0 Å². The molecule has 0 radical (unpaired) electrons. The SMILES string of the molecule is CCCCOc1ccc(Nc2ncnc(Oc3cc(C)cc(C)c3)c2[N+](=O)[O-])cc1. The number of aryl methyl sites for hydroxylation is 2. The van der Waals surface area contributed by atoms with E-state index < -0.39 is 4.92 Å². The van der Waals surface area contributed by atoms with Crippen molar-refractivity contribution in [3.05, 3.63) is 70.0 Å². The van der Waals surface area contributed by atoms with Crippen LogP contribution in [0.5, 0.6) is 17.4 Å². The first-order valence-electron chi connectivity index (χ1n) is 9.71. The number of benzene rings is 2. The minimum Gasteiger partial charge on any atom is -0.494 e. The highest BCUT2D eigenvalue weighted by Gasteiger charge is 2.25. The number of ether oxygens (including phenoxy) is 2. The van der Waals surface area contributed by atoms with E-state index in [-0.39, 0.29) is 17.4 Å². The number of nitrogens with zero attached hydrogens (tertiary/aromatic N) is 3. The van der Waals surface area contributed by atoms with Crippen LogP contribution in [-0.4, -0.2) is 21.5 Å². The van der Waals surface area contributed by atoms with Gasteiger partial charge in [-0.25, -0.2) is 4.98 Å². The average Bonchev–Trinajstić information content (AvgIpc) is 2.68. The molecule has 30 heavy (non-hydrogen) atoms. The zero-order valence-corrected chi connectivity index (χ0v) is 17.2. The molecule has 0 amide bonds. The summed E-state index contributed by atoms with van der Waals surface area (Å²) >= 11 is 0. The van der Waals surface area contributed by atoms with Crippen molar-refractivity contribution in [2.45, 2.75) is 33.6 Å². The third-order valence-corrected chi connectivity index (χ3v) is 4.26. The van der Waals surface area contributed by atoms with Crippen LogP contribution in [0.25, 0.3) is 0 Å². The van der Waals surface area contributed by atoms with Crippen molar-refractivity contribution in [3.8, 4) is 17.4 Å². The monoisotopic (exact) mass is 408 g/mol. The predicted molar refractivity (Wildman–Crippen MR) is 115 cm³/mol. The molecule has 2 aromatic carbocycles. The van der Waals surface area contributed by atoms with E-state index in [2.05, 4.69) is 22.2 Å². The van der Waals surface area contributed by atoms with Gasteiger partial charge in [0.15, 0.2) is 0 Å². The second-order valence-electron chi connectivity index (χ2n) is 6.91. The van der Waals surface area contributed by atoms with Gasteiger partial charge in [0.05, 0.1) is 11.5 Å². The number of hydrogen-bond donors (Lipinski definition) is 1. The van der Waals surface area contributed by atoms with Crippen molar-refractivity contribution in [2.75, 3.05) is 11.9 Å². The summed E-state index contributed by atoms with van der Waals surface area (Å²) in [5, 5.41) is 14.7. The quantitative estimate of drug-likeness (QED) is 0.275. The van der Waals surface area contributed by atoms with Gasteiger partial charge in [0.2, 0.25) is 5.82 Å². The molecular weight excluding hydrogens is 384 g/mol. The Balaban J connectivity index is 1.83. The van der Waals surface area contributed by atoms with Gasteiger partial charge in [-0.05, 0) is 67.8 Å². The van der Waals surface area contributed by atoms with Crippen molar-refractivity contribution in [3.63, 3.8) is 0 Å². The lowest BCUT2D eigenvalue weighted by Gasteiger charge is -2.11. The zero-order chi connectivity index (χ0) is 21.5. The molecule has 0 saturated heterocycles. The molecule has 0 bridgehead atoms. The van der Waals surface area contributed by atoms with E-state index in [0.29, 0.717) is 18.0 Å². The number of nitrogens with one attached hydrogen (secondary N) is 1. The lowest BCUT2D eigenvalue weighted by molar-refractivity contribution is -0.385. The highest BCUT2D eigenvalue weighted by Crippen LogP contribution is 2.36. The Morgan fingerprint density at radius 3 is 2.37 bits per heavy atom. The lowest BCUT2D eigenvalue weighted by Crippen LogP contribution is -2.04. The molecule has 0 aliphatic heterocycles. The molecule has 0 unspecified atom stereocenters. The second kappa shape index (κ2) is 9.69. The van der Waals surface area contributed by atoms with Crippen LogP contribution in [-0.2, 0) is 0 Å². The maximum atomic E-state index is 11.7. The van der Waals surface area contributed by atoms with Crippen molar-refractivity contribution in [2.24, 2.45) is 0 Å². The van der Waals surface area contributed by atoms with E-state index in [9.17, 15) is 10.1 Å². The van der Waals surface area contributed by atoms with Crippen LogP contribution in [0.4, 0.5) is 17.2 Å². The fraction of sp³-hybridized carbons (Fsp3) is 0.273. The largest absolute Gasteiger partial charge is 0.494 e. The first kappa shape index (κ1) is 21.0. The topological polar surface area (TPSA) is 99.4 Å². The van der Waals surface area contributed by atoms with Gasteiger partial charge in [0.25, 0.3) is 0 Å². The number of anilines is 2. The Bertz CT molecular complexity index is 1000. The molecule has 3 aromatic rings. The van der Waals surface area contributed by atoms with Gasteiger partial charge in [-0.1, -0.05) is 19.4 Å². The minimum absolute atomic E-state index is 0.0500. The first-order valence-corrected chi connectivity index (χ1v) is 9.71. The number of rotatable bonds is 9. The van der Waals surface area contributed by atoms with Gasteiger partial charge >= 0.3 is 11.6 Å². The normalized spacial score (nSPS) is 10.5. The van der Waals surface area contributed by atoms with Crippen molar-refractivity contribution < 1.29 is 14.4 Å². The van der Waals surface area contributed by atoms with Gasteiger partial charge in [0.1, 0.15) is 17.8 Å². The first-order chi connectivity index (χ1) is 14.5. The predicted octanol–water partition coefficient (Wildman–Crippen LogP) is 5.72. The molecule has 1 heterocycles. The van der Waals surface area contributed by atoms with Crippen molar-refractivity contribution in [1.29, 1.82) is 0 Å². The molecule has 0 aliphatic carbocycles. The van der Waals surface area contributed by atoms with Gasteiger partial charge < -0.3 is 14.8 Å². The Morgan fingerprint density at radius 1 is 1.03 bits per heavy atom. The van der Waals surface area contributed by atoms with Gasteiger partial charge in [-0.3, -0.25) is 10.1 Å². The Hall–Kier alpha value is -3.68. The van der Waals surface area contributed by atoms with Crippen LogP contribution < -0.4 is 14.8 Å². The van der Waals surface area contributed by atoms with Gasteiger partial charge in [-0.2, -0.15) is 4.98 Å². The van der Waals surface area contributed by atoms with E-state index in [1.807, 2.05) is 19.9 Å². The molecule has 0 atom stereocenters. The smallest absolute Gasteiger partial charge is 0.373 e. The third-order valence-electron chi connectivity index (χ3n) is 4.26. The summed E-state index contributed by atoms with van der Waals surface area (Å²) in [4.78, 5) is 19.2. The van der Waals surface area contributed by atoms with E-state index in [1.165, 1.54) is 6.33 Å². The standard InChI is InChI=1S/C22H24N4O4/c1-4-5-10-29-18-8-6-17(7-9-18)25-21-20(26(27)28)22(24-14-23-21)30-19-12-15(2)11-16(3)13-19/h6-9,11-14H,4-5,10H2,1-3H3,(H,23,24,25). The molecule has 0 fully saturated rings. The highest BCUT2D eigenvalue weighted by molar-refractivity contribution is 5.69. The second-order valence-corrected chi connectivity index (χ2v) is 6.91. The lowest BCUT2D eigenvalue weighted by atomic mass is 10.1. The summed E-state index contributed by atoms with van der Waals surface area (Å²) in [7, 11) is 0. The Kier molecular flexibility index (Phi) is 6.79. The summed E-state index contributed by atoms with van der Waals surface area (Å²) in [5.74, 6) is 1.15. The molecule has 3 rings (SSSR count). The number of aromatic nitrogens is 2. The fourth-order valence-corrected chi connectivity index (χ4v) is 2.90. The molecular formula is C22H24N4O4. The van der Waals surface area contributed by atoms with E-state index in [1.54, 1.807) is 36.4 Å². The highest BCUT2D eigenvalue weighted by atomic mass is 16.6. The minimum atomic E-state index is -0.553. The van der Waals surface area contributed by atoms with Crippen LogP contribution >= 0.6 is 0 Å². The number of nitro groups is 1. The summed E-state index contributed by atoms with van der Waals surface area (Å²) in [6.45, 7) is 6.61. The molecule has 0 aliphatic rings. The van der Waals surface area contributed by atoms with Crippen LogP contribution in [0.1, 0.15) is 30.9 Å². The third kappa shape index (κ3) is 5.44. The molecule has 0 spiro atoms. The van der Waals surface area contributed by atoms with E-state index in [4.69, 9.17) is 9.47 Å². The van der Waals surface area contributed by atoms with Crippen molar-refractivity contribution >= 4 is 17.2 Å². The summed E-state index contributed by atoms with van der Waals surface area (Å²) in [6, 6.07) is 12.7. The van der Waals surface area contributed by atoms with Crippen LogP contribution in [0.15, 0.2) is 48.8 Å². The van der Waals surface area contributed by atoms with Crippen LogP contribution in [0, 0.1) is 24.0 Å². The van der Waals surface area contributed by atoms with Crippen molar-refractivity contribution in [1.82, 2.24) is 9.97 Å². The molecule has 1 aromatic heterocycles. The van der Waals surface area contributed by atoms with E-state index >= 15 is 0 Å². The number of unbranched alkanes of at least 4 members (excludes halogenated alkanes) is 1. The summed E-state index contributed by atoms with van der Waals surface area (Å²) in [6.07, 6.45) is 3.27. The average molecular weight is 408 g/mol. The van der Waals surface area contributed by atoms with E-state index in [0.717, 1.165) is 29.7 Å². The Morgan fingerprint density at radius 2 is 1.73 bits per heavy atom.